The van der Waals surface area contributed by atoms with E-state index in [0.717, 1.165) is 36.8 Å². The highest BCUT2D eigenvalue weighted by Crippen LogP contribution is 2.38. The van der Waals surface area contributed by atoms with Gasteiger partial charge in [-0.1, -0.05) is 24.6 Å². The van der Waals surface area contributed by atoms with Crippen LogP contribution in [-0.2, 0) is 11.3 Å². The number of aromatic nitrogens is 1. The van der Waals surface area contributed by atoms with Gasteiger partial charge in [0.15, 0.2) is 5.58 Å². The molecular weight excluding hydrogens is 426 g/mol. The summed E-state index contributed by atoms with van der Waals surface area (Å²) in [5.74, 6) is 0.320. The number of hydrogen-bond donors (Lipinski definition) is 1. The molecule has 1 saturated carbocycles. The standard InChI is InChI=1S/C25H28ClN3O3/c1-15-4-8-18(9-5-15)27-24(31)25(3)14-28-19-10-11-32-22(19)13-21(28)23(30)29(25)20-12-17(26)7-6-16(20)2/h6-7,10-13,15,18H,4-5,8-9,14H2,1-3H3,(H,27,31)/t15?,18?,25-/m0/s1. The van der Waals surface area contributed by atoms with Crippen LogP contribution in [0.3, 0.4) is 0 Å². The van der Waals surface area contributed by atoms with Gasteiger partial charge in [0.2, 0.25) is 5.91 Å². The SMILES string of the molecule is Cc1ccc(Cl)cc1N1C(=O)c2cc3occc3n2C[C@@]1(C)C(=O)NC1CCC(C)CC1. The lowest BCUT2D eigenvalue weighted by atomic mass is 9.86. The Morgan fingerprint density at radius 2 is 1.94 bits per heavy atom. The number of hydrogen-bond acceptors (Lipinski definition) is 3. The first kappa shape index (κ1) is 21.1. The van der Waals surface area contributed by atoms with Crippen LogP contribution in [0.2, 0.25) is 5.02 Å². The number of halogens is 1. The number of aryl methyl sites for hydroxylation is 1. The van der Waals surface area contributed by atoms with Crippen molar-refractivity contribution in [2.24, 2.45) is 5.92 Å². The van der Waals surface area contributed by atoms with E-state index in [-0.39, 0.29) is 17.9 Å². The maximum atomic E-state index is 13.8. The molecule has 1 N–H and O–H groups in total. The molecule has 0 spiro atoms. The second-order valence-electron chi connectivity index (χ2n) is 9.56. The van der Waals surface area contributed by atoms with E-state index in [1.54, 1.807) is 29.4 Å². The molecule has 1 fully saturated rings. The zero-order chi connectivity index (χ0) is 22.6. The van der Waals surface area contributed by atoms with Crippen LogP contribution in [0, 0.1) is 12.8 Å². The lowest BCUT2D eigenvalue weighted by molar-refractivity contribution is -0.127. The van der Waals surface area contributed by atoms with Crippen LogP contribution < -0.4 is 10.2 Å². The highest BCUT2D eigenvalue weighted by Gasteiger charge is 2.49. The summed E-state index contributed by atoms with van der Waals surface area (Å²) in [6.07, 6.45) is 5.75. The Kier molecular flexibility index (Phi) is 5.08. The van der Waals surface area contributed by atoms with E-state index in [2.05, 4.69) is 12.2 Å². The molecule has 3 heterocycles. The van der Waals surface area contributed by atoms with E-state index in [1.807, 2.05) is 30.5 Å². The van der Waals surface area contributed by atoms with Crippen molar-refractivity contribution < 1.29 is 14.0 Å². The Bertz CT molecular complexity index is 1200. The summed E-state index contributed by atoms with van der Waals surface area (Å²) in [7, 11) is 0. The van der Waals surface area contributed by atoms with Gasteiger partial charge in [-0.2, -0.15) is 0 Å². The van der Waals surface area contributed by atoms with Crippen LogP contribution in [0.25, 0.3) is 11.1 Å². The fourth-order valence-corrected chi connectivity index (χ4v) is 5.33. The van der Waals surface area contributed by atoms with Gasteiger partial charge in [-0.05, 0) is 63.1 Å². The number of nitrogens with zero attached hydrogens (tertiary/aromatic N) is 2. The summed E-state index contributed by atoms with van der Waals surface area (Å²) in [6, 6.07) is 9.17. The molecule has 1 aromatic carbocycles. The number of nitrogens with one attached hydrogen (secondary N) is 1. The first-order valence-electron chi connectivity index (χ1n) is 11.3. The number of anilines is 1. The summed E-state index contributed by atoms with van der Waals surface area (Å²) in [6.45, 7) is 6.37. The van der Waals surface area contributed by atoms with Gasteiger partial charge in [0.05, 0.1) is 18.3 Å². The van der Waals surface area contributed by atoms with Gasteiger partial charge in [0, 0.05) is 28.9 Å². The maximum absolute atomic E-state index is 13.8. The molecule has 5 rings (SSSR count). The molecule has 2 aliphatic rings. The molecule has 168 valence electrons. The Labute approximate surface area is 192 Å². The van der Waals surface area contributed by atoms with Gasteiger partial charge >= 0.3 is 0 Å². The van der Waals surface area contributed by atoms with Gasteiger partial charge in [-0.3, -0.25) is 14.5 Å². The van der Waals surface area contributed by atoms with Crippen LogP contribution in [0.15, 0.2) is 41.0 Å². The average molecular weight is 454 g/mol. The van der Waals surface area contributed by atoms with Crippen molar-refractivity contribution in [2.75, 3.05) is 4.90 Å². The van der Waals surface area contributed by atoms with Gasteiger partial charge in [0.1, 0.15) is 11.2 Å². The molecule has 1 aliphatic carbocycles. The van der Waals surface area contributed by atoms with Crippen molar-refractivity contribution in [1.29, 1.82) is 0 Å². The third-order valence-electron chi connectivity index (χ3n) is 7.16. The minimum absolute atomic E-state index is 0.132. The third kappa shape index (κ3) is 3.32. The quantitative estimate of drug-likeness (QED) is 0.584. The molecule has 2 amide bonds. The van der Waals surface area contributed by atoms with Crippen molar-refractivity contribution in [1.82, 2.24) is 9.88 Å². The summed E-state index contributed by atoms with van der Waals surface area (Å²) in [5, 5.41) is 3.79. The minimum atomic E-state index is -1.12. The second-order valence-corrected chi connectivity index (χ2v) is 10.00. The van der Waals surface area contributed by atoms with Gasteiger partial charge < -0.3 is 14.3 Å². The van der Waals surface area contributed by atoms with Crippen LogP contribution in [-0.4, -0.2) is 28.0 Å². The molecule has 3 aromatic rings. The van der Waals surface area contributed by atoms with E-state index < -0.39 is 5.54 Å². The Balaban J connectivity index is 1.59. The van der Waals surface area contributed by atoms with E-state index in [1.165, 1.54) is 0 Å². The molecule has 1 atom stereocenters. The van der Waals surface area contributed by atoms with Gasteiger partial charge in [-0.15, -0.1) is 0 Å². The van der Waals surface area contributed by atoms with Crippen LogP contribution in [0.5, 0.6) is 0 Å². The summed E-state index contributed by atoms with van der Waals surface area (Å²) in [4.78, 5) is 29.3. The number of rotatable bonds is 3. The monoisotopic (exact) mass is 453 g/mol. The van der Waals surface area contributed by atoms with Crippen LogP contribution in [0.1, 0.15) is 55.6 Å². The zero-order valence-electron chi connectivity index (χ0n) is 18.7. The molecule has 32 heavy (non-hydrogen) atoms. The highest BCUT2D eigenvalue weighted by atomic mass is 35.5. The number of fused-ring (bicyclic) bond motifs is 3. The highest BCUT2D eigenvalue weighted by molar-refractivity contribution is 6.31. The number of carbonyl (C=O) groups is 2. The fraction of sp³-hybridized carbons (Fsp3) is 0.440. The molecular formula is C25H28ClN3O3. The number of amides is 2. The maximum Gasteiger partial charge on any atom is 0.276 e. The largest absolute Gasteiger partial charge is 0.463 e. The normalized spacial score (nSPS) is 25.8. The first-order chi connectivity index (χ1) is 15.3. The molecule has 0 saturated heterocycles. The first-order valence-corrected chi connectivity index (χ1v) is 11.6. The lowest BCUT2D eigenvalue weighted by Crippen LogP contribution is -2.65. The van der Waals surface area contributed by atoms with Crippen molar-refractivity contribution in [2.45, 2.75) is 64.6 Å². The Hall–Kier alpha value is -2.73. The lowest BCUT2D eigenvalue weighted by Gasteiger charge is -2.45. The van der Waals surface area contributed by atoms with Gasteiger partial charge in [0.25, 0.3) is 5.91 Å². The van der Waals surface area contributed by atoms with Crippen LogP contribution in [0.4, 0.5) is 5.69 Å². The zero-order valence-corrected chi connectivity index (χ0v) is 19.4. The number of furan rings is 1. The van der Waals surface area contributed by atoms with Crippen molar-refractivity contribution in [3.8, 4) is 0 Å². The van der Waals surface area contributed by atoms with Crippen molar-refractivity contribution in [3.63, 3.8) is 0 Å². The molecule has 2 aromatic heterocycles. The molecule has 0 unspecified atom stereocenters. The molecule has 6 nitrogen and oxygen atoms in total. The molecule has 0 radical (unpaired) electrons. The van der Waals surface area contributed by atoms with E-state index >= 15 is 0 Å². The second kappa shape index (κ2) is 7.69. The Morgan fingerprint density at radius 3 is 2.69 bits per heavy atom. The van der Waals surface area contributed by atoms with Gasteiger partial charge in [-0.25, -0.2) is 0 Å². The minimum Gasteiger partial charge on any atom is -0.463 e. The molecule has 0 bridgehead atoms. The summed E-state index contributed by atoms with van der Waals surface area (Å²) in [5.41, 5.74) is 2.39. The summed E-state index contributed by atoms with van der Waals surface area (Å²) < 4.78 is 7.45. The fourth-order valence-electron chi connectivity index (χ4n) is 5.16. The number of carbonyl (C=O) groups excluding carboxylic acids is 2. The van der Waals surface area contributed by atoms with Crippen molar-refractivity contribution in [3.05, 3.63) is 52.9 Å². The molecule has 1 aliphatic heterocycles. The predicted molar refractivity (Wildman–Crippen MR) is 125 cm³/mol. The Morgan fingerprint density at radius 1 is 1.19 bits per heavy atom. The smallest absolute Gasteiger partial charge is 0.276 e. The predicted octanol–water partition coefficient (Wildman–Crippen LogP) is 5.31. The van der Waals surface area contributed by atoms with Crippen molar-refractivity contribution >= 4 is 40.2 Å². The van der Waals surface area contributed by atoms with Crippen LogP contribution >= 0.6 is 11.6 Å². The topological polar surface area (TPSA) is 67.5 Å². The van der Waals surface area contributed by atoms with E-state index in [0.29, 0.717) is 34.4 Å². The average Bonchev–Trinajstić information content (AvgIpc) is 3.35. The van der Waals surface area contributed by atoms with E-state index in [9.17, 15) is 9.59 Å². The molecule has 7 heteroatoms. The van der Waals surface area contributed by atoms with E-state index in [4.69, 9.17) is 16.0 Å². The number of benzene rings is 1. The third-order valence-corrected chi connectivity index (χ3v) is 7.39. The summed E-state index contributed by atoms with van der Waals surface area (Å²) >= 11 is 6.31.